The minimum atomic E-state index is 0. The number of guanidine groups is 1. The number of hydrogen-bond acceptors (Lipinski definition) is 4. The molecule has 7 nitrogen and oxygen atoms in total. The van der Waals surface area contributed by atoms with Crippen molar-refractivity contribution in [2.45, 2.75) is 45.7 Å². The summed E-state index contributed by atoms with van der Waals surface area (Å²) in [4.78, 5) is 11.0. The summed E-state index contributed by atoms with van der Waals surface area (Å²) in [7, 11) is 1.83. The number of aliphatic imine (C=N–C) groups is 1. The van der Waals surface area contributed by atoms with Crippen LogP contribution in [0.3, 0.4) is 0 Å². The van der Waals surface area contributed by atoms with Gasteiger partial charge in [-0.2, -0.15) is 0 Å². The first-order valence-corrected chi connectivity index (χ1v) is 8.97. The van der Waals surface area contributed by atoms with Crippen LogP contribution in [-0.4, -0.2) is 45.7 Å². The van der Waals surface area contributed by atoms with Crippen molar-refractivity contribution in [1.29, 1.82) is 0 Å². The van der Waals surface area contributed by atoms with Gasteiger partial charge >= 0.3 is 0 Å². The monoisotopic (exact) mass is 472 g/mol. The summed E-state index contributed by atoms with van der Waals surface area (Å²) in [6, 6.07) is 2.42. The number of nitrogens with zero attached hydrogens (tertiary/aromatic N) is 5. The van der Waals surface area contributed by atoms with Crippen molar-refractivity contribution in [3.8, 4) is 0 Å². The quantitative estimate of drug-likeness (QED) is 0.420. The fraction of sp³-hybridized carbons (Fsp3) is 0.611. The number of imidazole rings is 1. The van der Waals surface area contributed by atoms with Gasteiger partial charge in [0, 0.05) is 38.6 Å². The number of aromatic nitrogens is 3. The van der Waals surface area contributed by atoms with Crippen molar-refractivity contribution >= 4 is 29.9 Å². The first-order valence-electron chi connectivity index (χ1n) is 8.97. The molecule has 2 unspecified atom stereocenters. The Balaban J connectivity index is 0.00000243. The van der Waals surface area contributed by atoms with Crippen LogP contribution >= 0.6 is 24.0 Å². The van der Waals surface area contributed by atoms with Crippen molar-refractivity contribution in [2.75, 3.05) is 20.1 Å². The molecular formula is C18H29IN6O. The summed E-state index contributed by atoms with van der Waals surface area (Å²) < 4.78 is 7.61. The van der Waals surface area contributed by atoms with E-state index in [0.717, 1.165) is 36.9 Å². The van der Waals surface area contributed by atoms with Gasteiger partial charge in [-0.3, -0.25) is 4.99 Å². The van der Waals surface area contributed by atoms with Gasteiger partial charge in [-0.25, -0.2) is 4.98 Å². The van der Waals surface area contributed by atoms with Crippen LogP contribution in [0.25, 0.3) is 0 Å². The lowest BCUT2D eigenvalue weighted by Gasteiger charge is -2.39. The highest BCUT2D eigenvalue weighted by atomic mass is 127. The fourth-order valence-electron chi connectivity index (χ4n) is 3.28. The van der Waals surface area contributed by atoms with Crippen LogP contribution in [0.2, 0.25) is 0 Å². The first-order chi connectivity index (χ1) is 12.1. The lowest BCUT2D eigenvalue weighted by molar-refractivity contribution is 0.188. The molecule has 26 heavy (non-hydrogen) atoms. The van der Waals surface area contributed by atoms with E-state index in [0.29, 0.717) is 24.4 Å². The second-order valence-corrected chi connectivity index (χ2v) is 7.06. The first kappa shape index (κ1) is 20.7. The molecule has 0 amide bonds. The minimum Gasteiger partial charge on any atom is -0.359 e. The zero-order valence-corrected chi connectivity index (χ0v) is 18.3. The second-order valence-electron chi connectivity index (χ2n) is 7.06. The lowest BCUT2D eigenvalue weighted by Crippen LogP contribution is -2.48. The van der Waals surface area contributed by atoms with Crippen molar-refractivity contribution in [1.82, 2.24) is 24.9 Å². The molecule has 1 fully saturated rings. The number of rotatable bonds is 4. The smallest absolute Gasteiger partial charge is 0.194 e. The van der Waals surface area contributed by atoms with Gasteiger partial charge in [0.15, 0.2) is 11.7 Å². The summed E-state index contributed by atoms with van der Waals surface area (Å²) in [5, 5.41) is 7.51. The minimum absolute atomic E-state index is 0. The van der Waals surface area contributed by atoms with Gasteiger partial charge in [0.05, 0.1) is 24.6 Å². The molecule has 1 N–H and O–H groups in total. The van der Waals surface area contributed by atoms with Crippen LogP contribution in [0.5, 0.6) is 0 Å². The zero-order chi connectivity index (χ0) is 17.8. The van der Waals surface area contributed by atoms with Crippen LogP contribution in [0, 0.1) is 5.92 Å². The van der Waals surface area contributed by atoms with Crippen LogP contribution < -0.4 is 5.32 Å². The highest BCUT2D eigenvalue weighted by molar-refractivity contribution is 14.0. The Bertz CT molecular complexity index is 696. The maximum Gasteiger partial charge on any atom is 0.194 e. The van der Waals surface area contributed by atoms with E-state index in [4.69, 9.17) is 4.52 Å². The van der Waals surface area contributed by atoms with E-state index in [1.807, 2.05) is 31.8 Å². The summed E-state index contributed by atoms with van der Waals surface area (Å²) in [6.45, 7) is 9.04. The zero-order valence-electron chi connectivity index (χ0n) is 15.9. The summed E-state index contributed by atoms with van der Waals surface area (Å²) in [5.41, 5.74) is 0.985. The average Bonchev–Trinajstić information content (AvgIpc) is 3.28. The highest BCUT2D eigenvalue weighted by Gasteiger charge is 2.28. The van der Waals surface area contributed by atoms with Crippen LogP contribution in [-0.2, 0) is 6.54 Å². The Morgan fingerprint density at radius 3 is 2.88 bits per heavy atom. The Kier molecular flexibility index (Phi) is 7.48. The van der Waals surface area contributed by atoms with E-state index in [2.05, 4.69) is 50.7 Å². The number of hydrogen-bond donors (Lipinski definition) is 1. The topological polar surface area (TPSA) is 71.5 Å². The highest BCUT2D eigenvalue weighted by Crippen LogP contribution is 2.27. The molecule has 3 heterocycles. The molecular weight excluding hydrogens is 443 g/mol. The molecule has 1 aliphatic rings. The Hall–Kier alpha value is -1.58. The van der Waals surface area contributed by atoms with Crippen molar-refractivity contribution in [2.24, 2.45) is 10.9 Å². The molecule has 0 bridgehead atoms. The van der Waals surface area contributed by atoms with Gasteiger partial charge in [-0.15, -0.1) is 24.0 Å². The standard InChI is InChI=1S/C18H28N6O.HI/c1-13(2)16-9-15(25-22-16)10-21-18(19-4)23-7-5-14(3)17(11-23)24-8-6-20-12-24;/h6,8-9,12-14,17H,5,7,10-11H2,1-4H3,(H,19,21);1H. The van der Waals surface area contributed by atoms with Gasteiger partial charge in [-0.05, 0) is 18.3 Å². The summed E-state index contributed by atoms with van der Waals surface area (Å²) in [5.74, 6) is 2.73. The van der Waals surface area contributed by atoms with Crippen molar-refractivity contribution in [3.63, 3.8) is 0 Å². The number of nitrogens with one attached hydrogen (secondary N) is 1. The normalized spacial score (nSPS) is 21.0. The predicted octanol–water partition coefficient (Wildman–Crippen LogP) is 3.27. The maximum atomic E-state index is 5.41. The van der Waals surface area contributed by atoms with Gasteiger partial charge in [0.25, 0.3) is 0 Å². The van der Waals surface area contributed by atoms with E-state index >= 15 is 0 Å². The van der Waals surface area contributed by atoms with E-state index in [-0.39, 0.29) is 24.0 Å². The molecule has 2 atom stereocenters. The molecule has 0 aliphatic carbocycles. The third-order valence-electron chi connectivity index (χ3n) is 4.93. The van der Waals surface area contributed by atoms with Gasteiger partial charge in [0.2, 0.25) is 0 Å². The number of piperidine rings is 1. The molecule has 0 saturated carbocycles. The number of likely N-dealkylation sites (tertiary alicyclic amines) is 1. The molecule has 1 aliphatic heterocycles. The number of halogens is 1. The van der Waals surface area contributed by atoms with Crippen molar-refractivity contribution < 1.29 is 4.52 Å². The van der Waals surface area contributed by atoms with Gasteiger partial charge < -0.3 is 19.3 Å². The van der Waals surface area contributed by atoms with E-state index < -0.39 is 0 Å². The SMILES string of the molecule is CN=C(NCc1cc(C(C)C)no1)N1CCC(C)C(n2ccnc2)C1.I. The second kappa shape index (κ2) is 9.38. The summed E-state index contributed by atoms with van der Waals surface area (Å²) >= 11 is 0. The molecule has 1 saturated heterocycles. The van der Waals surface area contributed by atoms with Crippen LogP contribution in [0.15, 0.2) is 34.3 Å². The molecule has 0 spiro atoms. The van der Waals surface area contributed by atoms with Crippen LogP contribution in [0.1, 0.15) is 50.6 Å². The van der Waals surface area contributed by atoms with E-state index in [1.54, 1.807) is 0 Å². The van der Waals surface area contributed by atoms with E-state index in [9.17, 15) is 0 Å². The Labute approximate surface area is 172 Å². The predicted molar refractivity (Wildman–Crippen MR) is 113 cm³/mol. The molecule has 144 valence electrons. The molecule has 2 aromatic rings. The maximum absolute atomic E-state index is 5.41. The fourth-order valence-corrected chi connectivity index (χ4v) is 3.28. The third-order valence-corrected chi connectivity index (χ3v) is 4.93. The van der Waals surface area contributed by atoms with Gasteiger partial charge in [-0.1, -0.05) is 25.9 Å². The average molecular weight is 472 g/mol. The largest absolute Gasteiger partial charge is 0.359 e. The lowest BCUT2D eigenvalue weighted by atomic mass is 9.93. The van der Waals surface area contributed by atoms with Crippen molar-refractivity contribution in [3.05, 3.63) is 36.2 Å². The Morgan fingerprint density at radius 2 is 2.27 bits per heavy atom. The third kappa shape index (κ3) is 4.77. The van der Waals surface area contributed by atoms with Gasteiger partial charge in [0.1, 0.15) is 0 Å². The molecule has 2 aromatic heterocycles. The molecule has 0 radical (unpaired) electrons. The molecule has 3 rings (SSSR count). The summed E-state index contributed by atoms with van der Waals surface area (Å²) in [6.07, 6.45) is 6.92. The van der Waals surface area contributed by atoms with Crippen LogP contribution in [0.4, 0.5) is 0 Å². The molecule has 8 heteroatoms. The Morgan fingerprint density at radius 1 is 1.46 bits per heavy atom. The molecule has 0 aromatic carbocycles. The van der Waals surface area contributed by atoms with E-state index in [1.165, 1.54) is 0 Å².